The Balaban J connectivity index is 2.13. The lowest BCUT2D eigenvalue weighted by Crippen LogP contribution is -2.35. The summed E-state index contributed by atoms with van der Waals surface area (Å²) in [6.45, 7) is 1.98. The lowest BCUT2D eigenvalue weighted by atomic mass is 10.1. The highest BCUT2D eigenvalue weighted by molar-refractivity contribution is 9.10. The van der Waals surface area contributed by atoms with Crippen molar-refractivity contribution in [3.05, 3.63) is 16.7 Å². The van der Waals surface area contributed by atoms with Crippen LogP contribution in [0.25, 0.3) is 0 Å². The van der Waals surface area contributed by atoms with Crippen molar-refractivity contribution in [2.24, 2.45) is 0 Å². The number of nitrogens with zero attached hydrogens (tertiary/aromatic N) is 1. The van der Waals surface area contributed by atoms with Crippen molar-refractivity contribution in [1.82, 2.24) is 4.98 Å². The molecule has 0 aromatic carbocycles. The Morgan fingerprint density at radius 1 is 1.71 bits per heavy atom. The van der Waals surface area contributed by atoms with Crippen molar-refractivity contribution >= 4 is 45.1 Å². The number of thioether (sulfide) groups is 1. The number of rotatable bonds is 2. The summed E-state index contributed by atoms with van der Waals surface area (Å²) >= 11 is 5.04. The molecule has 0 radical (unpaired) electrons. The fourth-order valence-corrected chi connectivity index (χ4v) is 3.42. The Labute approximate surface area is 113 Å². The molecule has 1 atom stereocenters. The SMILES string of the molecule is CC1(C(=O)Nc2ncc(N)cc2Br)CCCS1. The number of hydrogen-bond acceptors (Lipinski definition) is 4. The van der Waals surface area contributed by atoms with Crippen LogP contribution in [0.3, 0.4) is 0 Å². The van der Waals surface area contributed by atoms with Crippen LogP contribution < -0.4 is 11.1 Å². The Morgan fingerprint density at radius 3 is 3.06 bits per heavy atom. The molecule has 0 bridgehead atoms. The van der Waals surface area contributed by atoms with E-state index in [1.54, 1.807) is 17.8 Å². The summed E-state index contributed by atoms with van der Waals surface area (Å²) in [5.74, 6) is 1.58. The lowest BCUT2D eigenvalue weighted by Gasteiger charge is -2.21. The van der Waals surface area contributed by atoms with Crippen molar-refractivity contribution in [1.29, 1.82) is 0 Å². The number of hydrogen-bond donors (Lipinski definition) is 2. The summed E-state index contributed by atoms with van der Waals surface area (Å²) in [6, 6.07) is 1.73. The highest BCUT2D eigenvalue weighted by Gasteiger charge is 2.37. The quantitative estimate of drug-likeness (QED) is 0.880. The Morgan fingerprint density at radius 2 is 2.47 bits per heavy atom. The third kappa shape index (κ3) is 2.74. The van der Waals surface area contributed by atoms with Crippen molar-refractivity contribution in [2.75, 3.05) is 16.8 Å². The fraction of sp³-hybridized carbons (Fsp3) is 0.455. The third-order valence-electron chi connectivity index (χ3n) is 2.79. The normalized spacial score (nSPS) is 23.6. The average molecular weight is 316 g/mol. The number of amides is 1. The molecule has 1 aliphatic rings. The topological polar surface area (TPSA) is 68.0 Å². The van der Waals surface area contributed by atoms with Crippen LogP contribution >= 0.6 is 27.7 Å². The maximum absolute atomic E-state index is 12.1. The Bertz CT molecular complexity index is 446. The van der Waals surface area contributed by atoms with Gasteiger partial charge >= 0.3 is 0 Å². The molecular weight excluding hydrogens is 302 g/mol. The number of nitrogens with one attached hydrogen (secondary N) is 1. The van der Waals surface area contributed by atoms with Gasteiger partial charge in [-0.15, -0.1) is 11.8 Å². The van der Waals surface area contributed by atoms with E-state index in [9.17, 15) is 4.79 Å². The summed E-state index contributed by atoms with van der Waals surface area (Å²) < 4.78 is 0.375. The van der Waals surface area contributed by atoms with Gasteiger partial charge in [-0.2, -0.15) is 0 Å². The van der Waals surface area contributed by atoms with Crippen LogP contribution in [0.5, 0.6) is 0 Å². The first-order valence-electron chi connectivity index (χ1n) is 5.38. The zero-order valence-corrected chi connectivity index (χ0v) is 11.9. The minimum atomic E-state index is -0.331. The van der Waals surface area contributed by atoms with Gasteiger partial charge in [0.1, 0.15) is 5.82 Å². The molecule has 0 saturated carbocycles. The Kier molecular flexibility index (Phi) is 3.63. The van der Waals surface area contributed by atoms with E-state index in [0.717, 1.165) is 18.6 Å². The molecule has 1 aromatic rings. The van der Waals surface area contributed by atoms with Crippen molar-refractivity contribution in [2.45, 2.75) is 24.5 Å². The van der Waals surface area contributed by atoms with Crippen LogP contribution in [0.4, 0.5) is 11.5 Å². The van der Waals surface area contributed by atoms with E-state index in [4.69, 9.17) is 5.73 Å². The number of carbonyl (C=O) groups excluding carboxylic acids is 1. The third-order valence-corrected chi connectivity index (χ3v) is 4.92. The lowest BCUT2D eigenvalue weighted by molar-refractivity contribution is -0.118. The highest BCUT2D eigenvalue weighted by Crippen LogP contribution is 2.38. The number of carbonyl (C=O) groups is 1. The first-order valence-corrected chi connectivity index (χ1v) is 7.15. The van der Waals surface area contributed by atoms with Crippen LogP contribution in [0.15, 0.2) is 16.7 Å². The number of anilines is 2. The summed E-state index contributed by atoms with van der Waals surface area (Å²) in [6.07, 6.45) is 3.53. The molecule has 4 nitrogen and oxygen atoms in total. The van der Waals surface area contributed by atoms with Gasteiger partial charge in [0.25, 0.3) is 0 Å². The van der Waals surface area contributed by atoms with Crippen LogP contribution in [-0.4, -0.2) is 21.4 Å². The highest BCUT2D eigenvalue weighted by atomic mass is 79.9. The van der Waals surface area contributed by atoms with Gasteiger partial charge in [0.05, 0.1) is 21.1 Å². The maximum Gasteiger partial charge on any atom is 0.241 e. The predicted molar refractivity (Wildman–Crippen MR) is 75.1 cm³/mol. The minimum Gasteiger partial charge on any atom is -0.397 e. The standard InChI is InChI=1S/C11H14BrN3OS/c1-11(3-2-4-17-11)10(16)15-9-8(12)5-7(13)6-14-9/h5-6H,2-4,13H2,1H3,(H,14,15,16). The summed E-state index contributed by atoms with van der Waals surface area (Å²) in [7, 11) is 0. The number of halogens is 1. The first-order chi connectivity index (χ1) is 8.01. The van der Waals surface area contributed by atoms with Crippen LogP contribution in [-0.2, 0) is 4.79 Å². The summed E-state index contributed by atoms with van der Waals surface area (Å²) in [5.41, 5.74) is 6.16. The second kappa shape index (κ2) is 4.86. The van der Waals surface area contributed by atoms with Gasteiger partial charge in [-0.25, -0.2) is 4.98 Å². The molecule has 1 unspecified atom stereocenters. The van der Waals surface area contributed by atoms with E-state index in [1.165, 1.54) is 6.20 Å². The monoisotopic (exact) mass is 315 g/mol. The zero-order valence-electron chi connectivity index (χ0n) is 9.50. The van der Waals surface area contributed by atoms with Crippen molar-refractivity contribution in [3.63, 3.8) is 0 Å². The summed E-state index contributed by atoms with van der Waals surface area (Å²) in [4.78, 5) is 16.3. The average Bonchev–Trinajstić information content (AvgIpc) is 2.71. The molecule has 2 heterocycles. The molecule has 17 heavy (non-hydrogen) atoms. The second-order valence-corrected chi connectivity index (χ2v) is 6.69. The number of pyridine rings is 1. The number of aromatic nitrogens is 1. The molecule has 0 spiro atoms. The first kappa shape index (κ1) is 12.7. The van der Waals surface area contributed by atoms with Gasteiger partial charge < -0.3 is 11.1 Å². The van der Waals surface area contributed by atoms with Gasteiger partial charge in [0.2, 0.25) is 5.91 Å². The van der Waals surface area contributed by atoms with Crippen molar-refractivity contribution in [3.8, 4) is 0 Å². The van der Waals surface area contributed by atoms with E-state index >= 15 is 0 Å². The minimum absolute atomic E-state index is 0.0120. The molecule has 1 fully saturated rings. The van der Waals surface area contributed by atoms with E-state index < -0.39 is 0 Å². The summed E-state index contributed by atoms with van der Waals surface area (Å²) in [5, 5.41) is 2.85. The van der Waals surface area contributed by atoms with E-state index in [0.29, 0.717) is 16.0 Å². The largest absolute Gasteiger partial charge is 0.397 e. The predicted octanol–water partition coefficient (Wildman–Crippen LogP) is 2.65. The van der Waals surface area contributed by atoms with Crippen LogP contribution in [0.2, 0.25) is 0 Å². The van der Waals surface area contributed by atoms with Gasteiger partial charge in [0, 0.05) is 0 Å². The molecule has 92 valence electrons. The van der Waals surface area contributed by atoms with Gasteiger partial charge in [-0.1, -0.05) is 0 Å². The van der Waals surface area contributed by atoms with Gasteiger partial charge in [-0.3, -0.25) is 4.79 Å². The van der Waals surface area contributed by atoms with Crippen molar-refractivity contribution < 1.29 is 4.79 Å². The molecule has 2 rings (SSSR count). The van der Waals surface area contributed by atoms with E-state index in [1.807, 2.05) is 6.92 Å². The van der Waals surface area contributed by atoms with Gasteiger partial charge in [-0.05, 0) is 47.5 Å². The molecule has 1 amide bonds. The zero-order chi connectivity index (χ0) is 12.5. The molecule has 1 saturated heterocycles. The van der Waals surface area contributed by atoms with Crippen LogP contribution in [0, 0.1) is 0 Å². The number of nitrogen functional groups attached to an aromatic ring is 1. The van der Waals surface area contributed by atoms with E-state index in [2.05, 4.69) is 26.2 Å². The number of nitrogens with two attached hydrogens (primary N) is 1. The fourth-order valence-electron chi connectivity index (χ4n) is 1.74. The van der Waals surface area contributed by atoms with Gasteiger partial charge in [0.15, 0.2) is 0 Å². The molecule has 3 N–H and O–H groups in total. The smallest absolute Gasteiger partial charge is 0.241 e. The molecule has 0 aliphatic carbocycles. The Hall–Kier alpha value is -0.750. The van der Waals surface area contributed by atoms with E-state index in [-0.39, 0.29) is 10.7 Å². The molecular formula is C11H14BrN3OS. The molecule has 1 aliphatic heterocycles. The second-order valence-electron chi connectivity index (χ2n) is 4.24. The maximum atomic E-state index is 12.1. The van der Waals surface area contributed by atoms with Crippen LogP contribution in [0.1, 0.15) is 19.8 Å². The molecule has 1 aromatic heterocycles. The molecule has 6 heteroatoms.